The van der Waals surface area contributed by atoms with Crippen LogP contribution in [0.1, 0.15) is 19.4 Å². The van der Waals surface area contributed by atoms with Crippen LogP contribution in [0.2, 0.25) is 0 Å². The van der Waals surface area contributed by atoms with Crippen LogP contribution in [0.3, 0.4) is 0 Å². The zero-order valence-electron chi connectivity index (χ0n) is 11.3. The summed E-state index contributed by atoms with van der Waals surface area (Å²) in [5.41, 5.74) is 0.905. The van der Waals surface area contributed by atoms with E-state index in [0.29, 0.717) is 12.5 Å². The normalized spacial score (nSPS) is 10.1. The molecule has 2 N–H and O–H groups in total. The molecule has 0 bridgehead atoms. The van der Waals surface area contributed by atoms with E-state index >= 15 is 0 Å². The summed E-state index contributed by atoms with van der Waals surface area (Å²) >= 11 is 0. The van der Waals surface area contributed by atoms with E-state index < -0.39 is 6.09 Å². The number of carbonyl (C=O) groups excluding carboxylic acids is 2. The Hall–Kier alpha value is -2.04. The first-order valence-electron chi connectivity index (χ1n) is 6.29. The Balaban J connectivity index is 2.16. The number of ether oxygens (including phenoxy) is 1. The highest BCUT2D eigenvalue weighted by Crippen LogP contribution is 2.00. The fourth-order valence-electron chi connectivity index (χ4n) is 1.31. The van der Waals surface area contributed by atoms with Crippen molar-refractivity contribution in [1.82, 2.24) is 10.6 Å². The van der Waals surface area contributed by atoms with Crippen LogP contribution in [0.25, 0.3) is 0 Å². The smallest absolute Gasteiger partial charge is 0.407 e. The lowest BCUT2D eigenvalue weighted by molar-refractivity contribution is -0.120. The van der Waals surface area contributed by atoms with E-state index in [4.69, 9.17) is 4.74 Å². The van der Waals surface area contributed by atoms with Crippen molar-refractivity contribution in [2.45, 2.75) is 20.5 Å². The van der Waals surface area contributed by atoms with E-state index in [0.717, 1.165) is 5.56 Å². The molecule has 0 spiro atoms. The molecule has 0 aliphatic rings. The summed E-state index contributed by atoms with van der Waals surface area (Å²) in [5, 5.41) is 5.11. The summed E-state index contributed by atoms with van der Waals surface area (Å²) in [6, 6.07) is 9.36. The number of nitrogens with one attached hydrogen (secondary N) is 2. The molecule has 0 saturated carbocycles. The summed E-state index contributed by atoms with van der Waals surface area (Å²) in [6.07, 6.45) is -0.594. The Morgan fingerprint density at radius 2 is 1.84 bits per heavy atom. The van der Waals surface area contributed by atoms with Gasteiger partial charge in [0.2, 0.25) is 5.91 Å². The lowest BCUT2D eigenvalue weighted by Gasteiger charge is -2.09. The van der Waals surface area contributed by atoms with E-state index in [-0.39, 0.29) is 19.1 Å². The third-order valence-electron chi connectivity index (χ3n) is 2.31. The topological polar surface area (TPSA) is 67.4 Å². The molecule has 0 atom stereocenters. The molecule has 0 radical (unpaired) electrons. The molecule has 1 aromatic carbocycles. The van der Waals surface area contributed by atoms with Gasteiger partial charge in [0.1, 0.15) is 6.61 Å². The molecule has 5 heteroatoms. The summed E-state index contributed by atoms with van der Waals surface area (Å²) in [7, 11) is 0. The van der Waals surface area contributed by atoms with Crippen LogP contribution < -0.4 is 10.6 Å². The maximum absolute atomic E-state index is 11.3. The zero-order valence-corrected chi connectivity index (χ0v) is 11.3. The molecule has 5 nitrogen and oxygen atoms in total. The van der Waals surface area contributed by atoms with Gasteiger partial charge in [-0.3, -0.25) is 4.79 Å². The van der Waals surface area contributed by atoms with Gasteiger partial charge >= 0.3 is 6.09 Å². The number of benzene rings is 1. The van der Waals surface area contributed by atoms with Gasteiger partial charge in [-0.1, -0.05) is 44.2 Å². The molecule has 0 fully saturated rings. The fraction of sp³-hybridized carbons (Fsp3) is 0.429. The Bertz CT molecular complexity index is 404. The molecule has 0 aliphatic heterocycles. The van der Waals surface area contributed by atoms with Gasteiger partial charge in [0.15, 0.2) is 0 Å². The lowest BCUT2D eigenvalue weighted by atomic mass is 10.2. The summed E-state index contributed by atoms with van der Waals surface area (Å²) < 4.78 is 4.97. The van der Waals surface area contributed by atoms with Gasteiger partial charge in [-0.25, -0.2) is 4.79 Å². The van der Waals surface area contributed by atoms with Gasteiger partial charge in [-0.05, 0) is 11.5 Å². The van der Waals surface area contributed by atoms with Gasteiger partial charge in [-0.15, -0.1) is 0 Å². The Morgan fingerprint density at radius 3 is 2.47 bits per heavy atom. The highest BCUT2D eigenvalue weighted by atomic mass is 16.5. The Kier molecular flexibility index (Phi) is 6.43. The number of hydrogen-bond acceptors (Lipinski definition) is 3. The molecule has 0 heterocycles. The van der Waals surface area contributed by atoms with E-state index in [9.17, 15) is 9.59 Å². The van der Waals surface area contributed by atoms with Crippen LogP contribution in [0, 0.1) is 5.92 Å². The molecular weight excluding hydrogens is 244 g/mol. The lowest BCUT2D eigenvalue weighted by Crippen LogP contribution is -2.38. The van der Waals surface area contributed by atoms with Gasteiger partial charge in [-0.2, -0.15) is 0 Å². The second-order valence-corrected chi connectivity index (χ2v) is 4.61. The van der Waals surface area contributed by atoms with Gasteiger partial charge in [0.25, 0.3) is 0 Å². The number of alkyl carbamates (subject to hydrolysis) is 1. The summed E-state index contributed by atoms with van der Waals surface area (Å²) in [6.45, 7) is 4.73. The third-order valence-corrected chi connectivity index (χ3v) is 2.31. The van der Waals surface area contributed by atoms with Crippen LogP contribution in [0.15, 0.2) is 30.3 Å². The van der Waals surface area contributed by atoms with Crippen molar-refractivity contribution in [3.05, 3.63) is 35.9 Å². The SMILES string of the molecule is CC(C)CNC(=O)CNC(=O)OCc1ccccc1. The molecule has 0 aromatic heterocycles. The second-order valence-electron chi connectivity index (χ2n) is 4.61. The monoisotopic (exact) mass is 264 g/mol. The van der Waals surface area contributed by atoms with E-state index in [1.165, 1.54) is 0 Å². The minimum Gasteiger partial charge on any atom is -0.445 e. The van der Waals surface area contributed by atoms with Crippen molar-refractivity contribution in [2.24, 2.45) is 5.92 Å². The first-order chi connectivity index (χ1) is 9.08. The van der Waals surface area contributed by atoms with Crippen molar-refractivity contribution < 1.29 is 14.3 Å². The van der Waals surface area contributed by atoms with E-state index in [1.54, 1.807) is 0 Å². The molecular formula is C14H20N2O3. The molecule has 2 amide bonds. The van der Waals surface area contributed by atoms with Crippen LogP contribution in [0.4, 0.5) is 4.79 Å². The molecule has 19 heavy (non-hydrogen) atoms. The molecule has 0 unspecified atom stereocenters. The quantitative estimate of drug-likeness (QED) is 0.821. The average molecular weight is 264 g/mol. The van der Waals surface area contributed by atoms with Crippen molar-refractivity contribution >= 4 is 12.0 Å². The van der Waals surface area contributed by atoms with Crippen LogP contribution >= 0.6 is 0 Å². The fourth-order valence-corrected chi connectivity index (χ4v) is 1.31. The number of rotatable bonds is 6. The minimum absolute atomic E-state index is 0.0691. The van der Waals surface area contributed by atoms with Crippen LogP contribution in [-0.2, 0) is 16.1 Å². The average Bonchev–Trinajstić information content (AvgIpc) is 2.41. The Labute approximate surface area is 113 Å². The van der Waals surface area contributed by atoms with Gasteiger partial charge in [0.05, 0.1) is 6.54 Å². The molecule has 104 valence electrons. The predicted octanol–water partition coefficient (Wildman–Crippen LogP) is 1.68. The summed E-state index contributed by atoms with van der Waals surface area (Å²) in [4.78, 5) is 22.7. The van der Waals surface area contributed by atoms with E-state index in [1.807, 2.05) is 44.2 Å². The molecule has 0 aliphatic carbocycles. The maximum Gasteiger partial charge on any atom is 0.407 e. The molecule has 1 aromatic rings. The first kappa shape index (κ1) is 15.0. The van der Waals surface area contributed by atoms with Crippen LogP contribution in [-0.4, -0.2) is 25.1 Å². The van der Waals surface area contributed by atoms with Gasteiger partial charge < -0.3 is 15.4 Å². The van der Waals surface area contributed by atoms with E-state index in [2.05, 4.69) is 10.6 Å². The highest BCUT2D eigenvalue weighted by Gasteiger charge is 2.06. The van der Waals surface area contributed by atoms with Crippen molar-refractivity contribution in [1.29, 1.82) is 0 Å². The number of hydrogen-bond donors (Lipinski definition) is 2. The largest absolute Gasteiger partial charge is 0.445 e. The van der Waals surface area contributed by atoms with Crippen molar-refractivity contribution in [2.75, 3.05) is 13.1 Å². The maximum atomic E-state index is 11.3. The molecule has 0 saturated heterocycles. The number of carbonyl (C=O) groups is 2. The number of amides is 2. The first-order valence-corrected chi connectivity index (χ1v) is 6.29. The third kappa shape index (κ3) is 7.08. The Morgan fingerprint density at radius 1 is 1.16 bits per heavy atom. The summed E-state index contributed by atoms with van der Waals surface area (Å²) in [5.74, 6) is 0.166. The predicted molar refractivity (Wildman–Crippen MR) is 72.5 cm³/mol. The van der Waals surface area contributed by atoms with Gasteiger partial charge in [0, 0.05) is 6.54 Å². The zero-order chi connectivity index (χ0) is 14.1. The second kappa shape index (κ2) is 8.13. The van der Waals surface area contributed by atoms with Crippen LogP contribution in [0.5, 0.6) is 0 Å². The highest BCUT2D eigenvalue weighted by molar-refractivity contribution is 5.82. The van der Waals surface area contributed by atoms with Crippen molar-refractivity contribution in [3.8, 4) is 0 Å². The standard InChI is InChI=1S/C14H20N2O3/c1-11(2)8-15-13(17)9-16-14(18)19-10-12-6-4-3-5-7-12/h3-7,11H,8-10H2,1-2H3,(H,15,17)(H,16,18). The van der Waals surface area contributed by atoms with Crippen molar-refractivity contribution in [3.63, 3.8) is 0 Å². The minimum atomic E-state index is -0.594. The molecule has 1 rings (SSSR count).